The van der Waals surface area contributed by atoms with Gasteiger partial charge in [0.2, 0.25) is 20.0 Å². The summed E-state index contributed by atoms with van der Waals surface area (Å²) < 4.78 is 139. The first kappa shape index (κ1) is 46.3. The van der Waals surface area contributed by atoms with Crippen LogP contribution in [0.15, 0.2) is 99.0 Å². The van der Waals surface area contributed by atoms with Crippen LogP contribution in [0.3, 0.4) is 0 Å². The molecule has 2 heterocycles. The van der Waals surface area contributed by atoms with Crippen molar-refractivity contribution in [2.75, 3.05) is 51.0 Å². The van der Waals surface area contributed by atoms with Crippen LogP contribution in [0.1, 0.15) is 70.4 Å². The number of sulfonamides is 2. The number of nitrogens with zero attached hydrogens (tertiary/aromatic N) is 2. The SMILES string of the molecule is C=C(c1ccc(NC(=O)c2ccc(OC)c(S(=O)(=O)N3CCCCC3)c2)cc1S(=O)(=O)O)c1ccc(NC(=O)c2ccc(OC)c(S(=O)(=O)N3CCCCC3)c2)cc1S(=O)(=O)O. The van der Waals surface area contributed by atoms with Crippen LogP contribution in [0.5, 0.6) is 11.5 Å². The summed E-state index contributed by atoms with van der Waals surface area (Å²) in [6.45, 7) is 5.01. The van der Waals surface area contributed by atoms with E-state index >= 15 is 0 Å². The molecule has 4 N–H and O–H groups in total. The van der Waals surface area contributed by atoms with E-state index in [1.807, 2.05) is 0 Å². The predicted molar refractivity (Wildman–Crippen MR) is 228 cm³/mol. The van der Waals surface area contributed by atoms with Crippen LogP contribution in [0.25, 0.3) is 5.57 Å². The number of amides is 2. The van der Waals surface area contributed by atoms with Gasteiger partial charge in [-0.2, -0.15) is 25.4 Å². The zero-order valence-corrected chi connectivity index (χ0v) is 36.8. The number of carbonyl (C=O) groups is 2. The van der Waals surface area contributed by atoms with E-state index in [1.54, 1.807) is 0 Å². The van der Waals surface area contributed by atoms with E-state index in [9.17, 15) is 52.4 Å². The number of anilines is 2. The summed E-state index contributed by atoms with van der Waals surface area (Å²) in [5, 5.41) is 4.94. The van der Waals surface area contributed by atoms with Gasteiger partial charge in [0.1, 0.15) is 31.1 Å². The first-order valence-corrected chi connectivity index (χ1v) is 24.8. The highest BCUT2D eigenvalue weighted by molar-refractivity contribution is 7.89. The Kier molecular flexibility index (Phi) is 13.6. The molecule has 0 aliphatic carbocycles. The highest BCUT2D eigenvalue weighted by Crippen LogP contribution is 2.36. The third-order valence-electron chi connectivity index (χ3n) is 10.4. The Balaban J connectivity index is 1.28. The number of hydrogen-bond donors (Lipinski definition) is 4. The van der Waals surface area contributed by atoms with Gasteiger partial charge in [0.05, 0.1) is 14.2 Å². The second-order valence-electron chi connectivity index (χ2n) is 14.4. The van der Waals surface area contributed by atoms with Crippen molar-refractivity contribution in [1.82, 2.24) is 8.61 Å². The van der Waals surface area contributed by atoms with Crippen LogP contribution >= 0.6 is 0 Å². The summed E-state index contributed by atoms with van der Waals surface area (Å²) in [6.07, 6.45) is 4.43. The molecule has 4 aromatic rings. The molecule has 2 aliphatic heterocycles. The van der Waals surface area contributed by atoms with Crippen LogP contribution < -0.4 is 20.1 Å². The largest absolute Gasteiger partial charge is 0.495 e. The second-order valence-corrected chi connectivity index (χ2v) is 21.0. The Morgan fingerprint density at radius 2 is 0.887 bits per heavy atom. The molecule has 2 fully saturated rings. The van der Waals surface area contributed by atoms with Gasteiger partial charge >= 0.3 is 0 Å². The molecule has 2 aliphatic rings. The molecule has 332 valence electrons. The average molecular weight is 933 g/mol. The molecule has 62 heavy (non-hydrogen) atoms. The molecular formula is C40H44N4O14S4. The van der Waals surface area contributed by atoms with Crippen molar-refractivity contribution in [3.63, 3.8) is 0 Å². The van der Waals surface area contributed by atoms with Crippen LogP contribution in [0.4, 0.5) is 11.4 Å². The quantitative estimate of drug-likeness (QED) is 0.120. The lowest BCUT2D eigenvalue weighted by atomic mass is 9.98. The van der Waals surface area contributed by atoms with Crippen molar-refractivity contribution in [2.24, 2.45) is 0 Å². The Bertz CT molecular complexity index is 2700. The summed E-state index contributed by atoms with van der Waals surface area (Å²) in [6, 6.07) is 13.9. The van der Waals surface area contributed by atoms with E-state index in [1.165, 1.54) is 59.2 Å². The van der Waals surface area contributed by atoms with Crippen molar-refractivity contribution in [2.45, 2.75) is 58.1 Å². The molecular weight excluding hydrogens is 889 g/mol. The lowest BCUT2D eigenvalue weighted by Crippen LogP contribution is -2.35. The molecule has 0 saturated carbocycles. The summed E-state index contributed by atoms with van der Waals surface area (Å²) >= 11 is 0. The normalized spacial score (nSPS) is 15.7. The fourth-order valence-corrected chi connectivity index (χ4v) is 12.1. The molecule has 22 heteroatoms. The van der Waals surface area contributed by atoms with Crippen LogP contribution in [-0.4, -0.2) is 104 Å². The van der Waals surface area contributed by atoms with E-state index in [0.717, 1.165) is 49.2 Å². The maximum atomic E-state index is 13.5. The van der Waals surface area contributed by atoms with Crippen LogP contribution in [0.2, 0.25) is 0 Å². The minimum Gasteiger partial charge on any atom is -0.495 e. The minimum absolute atomic E-state index is 0.00958. The monoisotopic (exact) mass is 932 g/mol. The molecule has 2 saturated heterocycles. The van der Waals surface area contributed by atoms with Gasteiger partial charge in [-0.25, -0.2) is 16.8 Å². The number of piperidine rings is 2. The molecule has 2 amide bonds. The smallest absolute Gasteiger partial charge is 0.295 e. The fraction of sp³-hybridized carbons (Fsp3) is 0.300. The zero-order chi connectivity index (χ0) is 45.2. The van der Waals surface area contributed by atoms with E-state index in [0.29, 0.717) is 51.9 Å². The molecule has 4 aromatic carbocycles. The molecule has 0 radical (unpaired) electrons. The Labute approximate surface area is 360 Å². The molecule has 0 bridgehead atoms. The Hall–Kier alpha value is -5.20. The third kappa shape index (κ3) is 9.87. The van der Waals surface area contributed by atoms with Crippen LogP contribution in [0, 0.1) is 0 Å². The molecule has 0 spiro atoms. The van der Waals surface area contributed by atoms with E-state index < -0.39 is 61.9 Å². The van der Waals surface area contributed by atoms with E-state index in [-0.39, 0.29) is 60.5 Å². The number of nitrogens with one attached hydrogen (secondary N) is 2. The van der Waals surface area contributed by atoms with E-state index in [2.05, 4.69) is 17.2 Å². The Morgan fingerprint density at radius 1 is 0.532 bits per heavy atom. The maximum absolute atomic E-state index is 13.5. The van der Waals surface area contributed by atoms with Gasteiger partial charge in [-0.1, -0.05) is 31.6 Å². The van der Waals surface area contributed by atoms with Crippen LogP contribution in [-0.2, 0) is 40.3 Å². The van der Waals surface area contributed by atoms with Gasteiger partial charge in [-0.15, -0.1) is 0 Å². The molecule has 18 nitrogen and oxygen atoms in total. The van der Waals surface area contributed by atoms with Gasteiger partial charge < -0.3 is 20.1 Å². The average Bonchev–Trinajstić information content (AvgIpc) is 3.25. The van der Waals surface area contributed by atoms with Crippen molar-refractivity contribution in [3.8, 4) is 11.5 Å². The number of benzene rings is 4. The number of hydrogen-bond acceptors (Lipinski definition) is 12. The topological polar surface area (TPSA) is 260 Å². The second kappa shape index (κ2) is 18.3. The number of rotatable bonds is 14. The molecule has 6 rings (SSSR count). The van der Waals surface area contributed by atoms with Crippen molar-refractivity contribution in [3.05, 3.63) is 102 Å². The van der Waals surface area contributed by atoms with Crippen molar-refractivity contribution >= 4 is 69.0 Å². The maximum Gasteiger partial charge on any atom is 0.295 e. The van der Waals surface area contributed by atoms with Gasteiger partial charge in [0, 0.05) is 59.8 Å². The number of ether oxygens (including phenoxy) is 2. The summed E-state index contributed by atoms with van der Waals surface area (Å²) in [5.41, 5.74) is -1.60. The standard InChI is InChI=1S/C40H44N4O14S4/c1-26(31-14-12-29(24-35(31)61(51,52)53)41-39(45)27-10-16-33(57-2)37(22-27)59(47,48)43-18-6-4-7-19-43)32-15-13-30(25-36(32)62(54,55)56)42-40(46)28-11-17-34(58-3)38(23-28)60(49,50)44-20-8-5-9-21-44/h10-17,22-25H,1,4-9,18-21H2,2-3H3,(H,41,45)(H,42,46)(H,51,52,53)(H,54,55,56). The van der Waals surface area contributed by atoms with Gasteiger partial charge in [0.25, 0.3) is 32.1 Å². The number of methoxy groups -OCH3 is 2. The predicted octanol–water partition coefficient (Wildman–Crippen LogP) is 5.11. The first-order valence-electron chi connectivity index (χ1n) is 19.1. The summed E-state index contributed by atoms with van der Waals surface area (Å²) in [4.78, 5) is 24.7. The molecule has 0 aromatic heterocycles. The Morgan fingerprint density at radius 3 is 1.21 bits per heavy atom. The zero-order valence-electron chi connectivity index (χ0n) is 33.5. The van der Waals surface area contributed by atoms with E-state index in [4.69, 9.17) is 9.47 Å². The van der Waals surface area contributed by atoms with Crippen molar-refractivity contribution < 1.29 is 61.8 Å². The highest BCUT2D eigenvalue weighted by Gasteiger charge is 2.32. The third-order valence-corrected chi connectivity index (χ3v) is 16.0. The van der Waals surface area contributed by atoms with Gasteiger partial charge in [-0.05, 0) is 91.9 Å². The summed E-state index contributed by atoms with van der Waals surface area (Å²) in [7, 11) is -15.8. The summed E-state index contributed by atoms with van der Waals surface area (Å²) in [5.74, 6) is -1.68. The number of carbonyl (C=O) groups excluding carboxylic acids is 2. The van der Waals surface area contributed by atoms with Crippen molar-refractivity contribution in [1.29, 1.82) is 0 Å². The molecule has 0 atom stereocenters. The highest BCUT2D eigenvalue weighted by atomic mass is 32.2. The lowest BCUT2D eigenvalue weighted by Gasteiger charge is -2.26. The minimum atomic E-state index is -5.12. The van der Waals surface area contributed by atoms with Gasteiger partial charge in [0.15, 0.2) is 0 Å². The molecule has 0 unspecified atom stereocenters. The first-order chi connectivity index (χ1) is 29.2. The fourth-order valence-electron chi connectivity index (χ4n) is 7.20. The lowest BCUT2D eigenvalue weighted by molar-refractivity contribution is 0.101. The van der Waals surface area contributed by atoms with Gasteiger partial charge in [-0.3, -0.25) is 18.7 Å².